The molecule has 6 heteroatoms. The number of aryl methyl sites for hydroxylation is 1. The Labute approximate surface area is 155 Å². The number of nitrogens with one attached hydrogen (secondary N) is 2. The summed E-state index contributed by atoms with van der Waals surface area (Å²) in [5.74, 6) is 0.0193. The van der Waals surface area contributed by atoms with Gasteiger partial charge in [0.05, 0.1) is 4.90 Å². The van der Waals surface area contributed by atoms with Crippen molar-refractivity contribution < 1.29 is 13.2 Å². The summed E-state index contributed by atoms with van der Waals surface area (Å²) in [6, 6.07) is 14.0. The number of hydrogen-bond acceptors (Lipinski definition) is 3. The van der Waals surface area contributed by atoms with Crippen LogP contribution in [-0.4, -0.2) is 20.4 Å². The molecule has 0 radical (unpaired) electrons. The van der Waals surface area contributed by atoms with Gasteiger partial charge in [0, 0.05) is 18.2 Å². The number of carbonyl (C=O) groups excluding carboxylic acids is 1. The Kier molecular flexibility index (Phi) is 6.56. The molecule has 26 heavy (non-hydrogen) atoms. The molecule has 0 spiro atoms. The van der Waals surface area contributed by atoms with Crippen LogP contribution in [-0.2, 0) is 16.6 Å². The molecule has 0 saturated heterocycles. The van der Waals surface area contributed by atoms with Gasteiger partial charge >= 0.3 is 0 Å². The summed E-state index contributed by atoms with van der Waals surface area (Å²) in [6.07, 6.45) is 0. The van der Waals surface area contributed by atoms with Crippen molar-refractivity contribution in [3.05, 3.63) is 65.2 Å². The van der Waals surface area contributed by atoms with Crippen LogP contribution in [0, 0.1) is 12.8 Å². The number of rotatable bonds is 7. The van der Waals surface area contributed by atoms with Gasteiger partial charge in [-0.3, -0.25) is 4.79 Å². The van der Waals surface area contributed by atoms with Crippen LogP contribution in [0.1, 0.15) is 42.3 Å². The number of sulfonamides is 1. The highest BCUT2D eigenvalue weighted by atomic mass is 32.2. The lowest BCUT2D eigenvalue weighted by atomic mass is 10.1. The predicted octanol–water partition coefficient (Wildman–Crippen LogP) is 3.25. The summed E-state index contributed by atoms with van der Waals surface area (Å²) in [5.41, 5.74) is 1.80. The molecule has 0 aliphatic rings. The first-order chi connectivity index (χ1) is 12.2. The van der Waals surface area contributed by atoms with Gasteiger partial charge in [-0.15, -0.1) is 0 Å². The SMILES string of the molecule is Cc1ccc(C(=O)NC(C)C(C)C)cc1S(=O)(=O)NCc1ccccc1. The smallest absolute Gasteiger partial charge is 0.251 e. The molecule has 140 valence electrons. The first-order valence-corrected chi connectivity index (χ1v) is 10.1. The third-order valence-corrected chi connectivity index (χ3v) is 5.95. The van der Waals surface area contributed by atoms with E-state index < -0.39 is 10.0 Å². The van der Waals surface area contributed by atoms with Crippen LogP contribution in [0.15, 0.2) is 53.4 Å². The summed E-state index contributed by atoms with van der Waals surface area (Å²) in [5, 5.41) is 2.90. The number of amides is 1. The fraction of sp³-hybridized carbons (Fsp3) is 0.350. The maximum Gasteiger partial charge on any atom is 0.251 e. The van der Waals surface area contributed by atoms with Crippen molar-refractivity contribution in [2.24, 2.45) is 5.92 Å². The zero-order chi connectivity index (χ0) is 19.3. The fourth-order valence-electron chi connectivity index (χ4n) is 2.34. The van der Waals surface area contributed by atoms with Crippen molar-refractivity contribution in [2.45, 2.75) is 45.2 Å². The summed E-state index contributed by atoms with van der Waals surface area (Å²) >= 11 is 0. The normalized spacial score (nSPS) is 12.8. The quantitative estimate of drug-likeness (QED) is 0.781. The van der Waals surface area contributed by atoms with E-state index in [-0.39, 0.29) is 23.4 Å². The molecular formula is C20H26N2O3S. The van der Waals surface area contributed by atoms with Crippen molar-refractivity contribution in [3.8, 4) is 0 Å². The van der Waals surface area contributed by atoms with E-state index in [0.717, 1.165) is 5.56 Å². The lowest BCUT2D eigenvalue weighted by Crippen LogP contribution is -2.36. The van der Waals surface area contributed by atoms with Gasteiger partial charge < -0.3 is 5.32 Å². The molecule has 1 amide bonds. The maximum absolute atomic E-state index is 12.7. The van der Waals surface area contributed by atoms with E-state index in [1.807, 2.05) is 51.1 Å². The lowest BCUT2D eigenvalue weighted by molar-refractivity contribution is 0.0930. The van der Waals surface area contributed by atoms with Gasteiger partial charge in [-0.1, -0.05) is 50.2 Å². The highest BCUT2D eigenvalue weighted by Gasteiger charge is 2.20. The van der Waals surface area contributed by atoms with Gasteiger partial charge in [0.15, 0.2) is 0 Å². The maximum atomic E-state index is 12.7. The van der Waals surface area contributed by atoms with Crippen LogP contribution in [0.2, 0.25) is 0 Å². The molecule has 2 aromatic carbocycles. The van der Waals surface area contributed by atoms with E-state index >= 15 is 0 Å². The molecule has 1 atom stereocenters. The Bertz CT molecular complexity index is 862. The fourth-order valence-corrected chi connectivity index (χ4v) is 3.63. The topological polar surface area (TPSA) is 75.3 Å². The Hall–Kier alpha value is -2.18. The number of carbonyl (C=O) groups is 1. The van der Waals surface area contributed by atoms with E-state index in [0.29, 0.717) is 17.0 Å². The van der Waals surface area contributed by atoms with Gasteiger partial charge in [-0.2, -0.15) is 0 Å². The molecule has 0 aliphatic heterocycles. The highest BCUT2D eigenvalue weighted by molar-refractivity contribution is 7.89. The molecule has 0 bridgehead atoms. The second-order valence-corrected chi connectivity index (χ2v) is 8.53. The Balaban J connectivity index is 2.21. The first-order valence-electron chi connectivity index (χ1n) is 8.66. The van der Waals surface area contributed by atoms with Crippen molar-refractivity contribution in [3.63, 3.8) is 0 Å². The molecule has 1 unspecified atom stereocenters. The average molecular weight is 375 g/mol. The Morgan fingerprint density at radius 2 is 1.69 bits per heavy atom. The molecule has 0 aromatic heterocycles. The molecule has 2 aromatic rings. The first kappa shape index (κ1) is 20.1. The standard InChI is InChI=1S/C20H26N2O3S/c1-14(2)16(4)22-20(23)18-11-10-15(3)19(12-18)26(24,25)21-13-17-8-6-5-7-9-17/h5-12,14,16,21H,13H2,1-4H3,(H,22,23). The molecule has 0 aliphatic carbocycles. The van der Waals surface area contributed by atoms with Crippen LogP contribution < -0.4 is 10.0 Å². The molecule has 2 N–H and O–H groups in total. The van der Waals surface area contributed by atoms with E-state index in [2.05, 4.69) is 10.0 Å². The van der Waals surface area contributed by atoms with Gasteiger partial charge in [0.25, 0.3) is 5.91 Å². The number of hydrogen-bond donors (Lipinski definition) is 2. The Morgan fingerprint density at radius 3 is 2.31 bits per heavy atom. The predicted molar refractivity (Wildman–Crippen MR) is 103 cm³/mol. The monoisotopic (exact) mass is 374 g/mol. The minimum Gasteiger partial charge on any atom is -0.349 e. The zero-order valence-electron chi connectivity index (χ0n) is 15.6. The molecule has 2 rings (SSSR count). The molecule has 0 heterocycles. The van der Waals surface area contributed by atoms with Gasteiger partial charge in [-0.25, -0.2) is 13.1 Å². The summed E-state index contributed by atoms with van der Waals surface area (Å²) in [4.78, 5) is 12.5. The second kappa shape index (κ2) is 8.47. The second-order valence-electron chi connectivity index (χ2n) is 6.80. The Morgan fingerprint density at radius 1 is 1.04 bits per heavy atom. The van der Waals surface area contributed by atoms with Gasteiger partial charge in [0.2, 0.25) is 10.0 Å². The summed E-state index contributed by atoms with van der Waals surface area (Å²) < 4.78 is 28.0. The van der Waals surface area contributed by atoms with E-state index in [9.17, 15) is 13.2 Å². The van der Waals surface area contributed by atoms with Crippen molar-refractivity contribution >= 4 is 15.9 Å². The van der Waals surface area contributed by atoms with E-state index in [1.54, 1.807) is 19.1 Å². The van der Waals surface area contributed by atoms with Gasteiger partial charge in [-0.05, 0) is 43.0 Å². The van der Waals surface area contributed by atoms with Crippen molar-refractivity contribution in [1.29, 1.82) is 0 Å². The molecular weight excluding hydrogens is 348 g/mol. The third kappa shape index (κ3) is 5.16. The van der Waals surface area contributed by atoms with Crippen molar-refractivity contribution in [1.82, 2.24) is 10.0 Å². The van der Waals surface area contributed by atoms with Crippen molar-refractivity contribution in [2.75, 3.05) is 0 Å². The van der Waals surface area contributed by atoms with Crippen LogP contribution in [0.5, 0.6) is 0 Å². The summed E-state index contributed by atoms with van der Waals surface area (Å²) in [6.45, 7) is 7.88. The number of benzene rings is 2. The van der Waals surface area contributed by atoms with E-state index in [1.165, 1.54) is 6.07 Å². The molecule has 0 saturated carbocycles. The third-order valence-electron chi connectivity index (χ3n) is 4.41. The molecule has 0 fully saturated rings. The van der Waals surface area contributed by atoms with Crippen LogP contribution in [0.3, 0.4) is 0 Å². The molecule has 5 nitrogen and oxygen atoms in total. The minimum atomic E-state index is -3.72. The highest BCUT2D eigenvalue weighted by Crippen LogP contribution is 2.18. The van der Waals surface area contributed by atoms with Crippen LogP contribution in [0.4, 0.5) is 0 Å². The van der Waals surface area contributed by atoms with Crippen LogP contribution >= 0.6 is 0 Å². The van der Waals surface area contributed by atoms with Gasteiger partial charge in [0.1, 0.15) is 0 Å². The largest absolute Gasteiger partial charge is 0.349 e. The summed E-state index contributed by atoms with van der Waals surface area (Å²) in [7, 11) is -3.72. The van der Waals surface area contributed by atoms with E-state index in [4.69, 9.17) is 0 Å². The van der Waals surface area contributed by atoms with Crippen LogP contribution in [0.25, 0.3) is 0 Å². The lowest BCUT2D eigenvalue weighted by Gasteiger charge is -2.18. The minimum absolute atomic E-state index is 0.0000610. The zero-order valence-corrected chi connectivity index (χ0v) is 16.4. The average Bonchev–Trinajstić information content (AvgIpc) is 2.61.